The first-order valence-electron chi connectivity index (χ1n) is 10.4. The van der Waals surface area contributed by atoms with Crippen molar-refractivity contribution in [1.29, 1.82) is 0 Å². The highest BCUT2D eigenvalue weighted by Gasteiger charge is 2.34. The molecule has 0 aliphatic rings. The zero-order valence-corrected chi connectivity index (χ0v) is 19.1. The molecule has 0 aromatic heterocycles. The second-order valence-corrected chi connectivity index (χ2v) is 9.34. The predicted molar refractivity (Wildman–Crippen MR) is 124 cm³/mol. The third-order valence-corrected chi connectivity index (χ3v) is 6.77. The molecule has 184 valence electrons. The summed E-state index contributed by atoms with van der Waals surface area (Å²) in [5, 5.41) is 2.08. The van der Waals surface area contributed by atoms with Crippen LogP contribution in [0.15, 0.2) is 77.7 Å². The lowest BCUT2D eigenvalue weighted by Crippen LogP contribution is -2.31. The van der Waals surface area contributed by atoms with E-state index in [0.29, 0.717) is 12.0 Å². The van der Waals surface area contributed by atoms with E-state index in [1.165, 1.54) is 10.8 Å². The van der Waals surface area contributed by atoms with E-state index < -0.39 is 49.9 Å². The summed E-state index contributed by atoms with van der Waals surface area (Å²) in [5.41, 5.74) is 2.35. The molecule has 0 radical (unpaired) electrons. The Kier molecular flexibility index (Phi) is 6.89. The molecule has 4 aromatic carbocycles. The number of nitrogens with one attached hydrogen (secondary N) is 1. The van der Waals surface area contributed by atoms with Crippen molar-refractivity contribution in [2.24, 2.45) is 0 Å². The molecule has 0 bridgehead atoms. The molecule has 4 aromatic rings. The van der Waals surface area contributed by atoms with Crippen LogP contribution in [0.4, 0.5) is 22.0 Å². The average molecular weight is 517 g/mol. The lowest BCUT2D eigenvalue weighted by Gasteiger charge is -2.10. The summed E-state index contributed by atoms with van der Waals surface area (Å²) in [5.74, 6) is -13.9. The normalized spacial score (nSPS) is 11.8. The van der Waals surface area contributed by atoms with E-state index in [1.54, 1.807) is 18.2 Å². The number of amides is 1. The molecular formula is C26H16F5NO3S. The van der Waals surface area contributed by atoms with Crippen molar-refractivity contribution in [2.45, 2.75) is 11.3 Å². The second kappa shape index (κ2) is 9.90. The number of hydrogen-bond donors (Lipinski definition) is 1. The molecule has 4 nitrogen and oxygen atoms in total. The topological polar surface area (TPSA) is 63.2 Å². The van der Waals surface area contributed by atoms with Crippen molar-refractivity contribution in [3.05, 3.63) is 119 Å². The number of sulfonamides is 1. The van der Waals surface area contributed by atoms with Crippen molar-refractivity contribution in [2.75, 3.05) is 0 Å². The molecule has 1 amide bonds. The van der Waals surface area contributed by atoms with Gasteiger partial charge in [-0.05, 0) is 40.0 Å². The van der Waals surface area contributed by atoms with Gasteiger partial charge in [-0.3, -0.25) is 4.79 Å². The standard InChI is InChI=1S/C26H16F5NO3S/c27-21-22(28)24(30)26(25(31)23(21)29)36(34,35)32-20(33)13-12-15-6-1-2-8-17(15)14-18-10-5-9-16-7-3-4-11-19(16)18/h1-13H,14H2,(H,32,33)/b13-12+. The van der Waals surface area contributed by atoms with Crippen molar-refractivity contribution in [3.8, 4) is 0 Å². The molecule has 0 fully saturated rings. The van der Waals surface area contributed by atoms with Gasteiger partial charge in [-0.25, -0.2) is 35.1 Å². The van der Waals surface area contributed by atoms with Gasteiger partial charge in [0.2, 0.25) is 5.82 Å². The van der Waals surface area contributed by atoms with Gasteiger partial charge in [0.1, 0.15) is 0 Å². The largest absolute Gasteiger partial charge is 0.270 e. The van der Waals surface area contributed by atoms with Gasteiger partial charge in [-0.15, -0.1) is 0 Å². The molecule has 36 heavy (non-hydrogen) atoms. The number of rotatable bonds is 6. The highest BCUT2D eigenvalue weighted by molar-refractivity contribution is 7.90. The number of carbonyl (C=O) groups excluding carboxylic acids is 1. The summed E-state index contributed by atoms with van der Waals surface area (Å²) >= 11 is 0. The fraction of sp³-hybridized carbons (Fsp3) is 0.0385. The van der Waals surface area contributed by atoms with E-state index >= 15 is 0 Å². The Morgan fingerprint density at radius 3 is 2.00 bits per heavy atom. The van der Waals surface area contributed by atoms with Crippen molar-refractivity contribution in [1.82, 2.24) is 4.72 Å². The van der Waals surface area contributed by atoms with Crippen molar-refractivity contribution < 1.29 is 35.2 Å². The number of halogens is 5. The lowest BCUT2D eigenvalue weighted by atomic mass is 9.95. The first kappa shape index (κ1) is 25.1. The van der Waals surface area contributed by atoms with E-state index in [0.717, 1.165) is 28.0 Å². The molecule has 0 aliphatic carbocycles. The van der Waals surface area contributed by atoms with Crippen LogP contribution < -0.4 is 4.72 Å². The molecule has 10 heteroatoms. The maximum atomic E-state index is 13.9. The Morgan fingerprint density at radius 2 is 1.28 bits per heavy atom. The minimum absolute atomic E-state index is 0.479. The molecule has 0 saturated heterocycles. The molecule has 0 unspecified atom stereocenters. The smallest absolute Gasteiger partial charge is 0.269 e. The minimum Gasteiger partial charge on any atom is -0.269 e. The molecule has 0 aliphatic heterocycles. The maximum absolute atomic E-state index is 13.9. The molecule has 1 N–H and O–H groups in total. The van der Waals surface area contributed by atoms with Crippen LogP contribution in [0.5, 0.6) is 0 Å². The number of fused-ring (bicyclic) bond motifs is 1. The molecule has 4 rings (SSSR count). The fourth-order valence-electron chi connectivity index (χ4n) is 3.71. The van der Waals surface area contributed by atoms with E-state index in [-0.39, 0.29) is 0 Å². The predicted octanol–water partition coefficient (Wildman–Crippen LogP) is 5.64. The molecule has 0 spiro atoms. The lowest BCUT2D eigenvalue weighted by molar-refractivity contribution is -0.114. The summed E-state index contributed by atoms with van der Waals surface area (Å²) in [6, 6.07) is 20.6. The third kappa shape index (κ3) is 4.85. The monoisotopic (exact) mass is 517 g/mol. The van der Waals surface area contributed by atoms with E-state index in [9.17, 15) is 35.2 Å². The van der Waals surface area contributed by atoms with Crippen molar-refractivity contribution >= 4 is 32.8 Å². The summed E-state index contributed by atoms with van der Waals surface area (Å²) in [6.45, 7) is 0. The van der Waals surface area contributed by atoms with E-state index in [1.807, 2.05) is 48.5 Å². The Morgan fingerprint density at radius 1 is 0.722 bits per heavy atom. The first-order valence-corrected chi connectivity index (χ1v) is 11.9. The van der Waals surface area contributed by atoms with Crippen LogP contribution in [0.25, 0.3) is 16.8 Å². The third-order valence-electron chi connectivity index (χ3n) is 5.40. The van der Waals surface area contributed by atoms with Crippen LogP contribution in [-0.4, -0.2) is 14.3 Å². The van der Waals surface area contributed by atoms with Gasteiger partial charge in [-0.1, -0.05) is 66.7 Å². The van der Waals surface area contributed by atoms with Crippen molar-refractivity contribution in [3.63, 3.8) is 0 Å². The maximum Gasteiger partial charge on any atom is 0.270 e. The quantitative estimate of drug-likeness (QED) is 0.156. The molecule has 0 atom stereocenters. The SMILES string of the molecule is O=C(/C=C/c1ccccc1Cc1cccc2ccccc12)NS(=O)(=O)c1c(F)c(F)c(F)c(F)c1F. The van der Waals surface area contributed by atoms with Gasteiger partial charge in [0.15, 0.2) is 28.2 Å². The van der Waals surface area contributed by atoms with Crippen LogP contribution in [-0.2, 0) is 21.2 Å². The minimum atomic E-state index is -5.42. The summed E-state index contributed by atoms with van der Waals surface area (Å²) in [7, 11) is -5.42. The number of carbonyl (C=O) groups is 1. The van der Waals surface area contributed by atoms with Gasteiger partial charge in [-0.2, -0.15) is 0 Å². The Balaban J connectivity index is 1.59. The van der Waals surface area contributed by atoms with Gasteiger partial charge in [0.05, 0.1) is 0 Å². The number of hydrogen-bond acceptors (Lipinski definition) is 3. The molecular weight excluding hydrogens is 501 g/mol. The van der Waals surface area contributed by atoms with Gasteiger partial charge < -0.3 is 0 Å². The van der Waals surface area contributed by atoms with Crippen LogP contribution >= 0.6 is 0 Å². The van der Waals surface area contributed by atoms with Gasteiger partial charge >= 0.3 is 0 Å². The zero-order chi connectivity index (χ0) is 26.0. The van der Waals surface area contributed by atoms with Crippen LogP contribution in [0.3, 0.4) is 0 Å². The highest BCUT2D eigenvalue weighted by Crippen LogP contribution is 2.27. The van der Waals surface area contributed by atoms with Gasteiger partial charge in [0, 0.05) is 6.08 Å². The van der Waals surface area contributed by atoms with Gasteiger partial charge in [0.25, 0.3) is 15.9 Å². The summed E-state index contributed by atoms with van der Waals surface area (Å²) in [6.07, 6.45) is 2.54. The summed E-state index contributed by atoms with van der Waals surface area (Å²) in [4.78, 5) is 10.1. The molecule has 0 heterocycles. The van der Waals surface area contributed by atoms with Crippen LogP contribution in [0.2, 0.25) is 0 Å². The van der Waals surface area contributed by atoms with Crippen LogP contribution in [0.1, 0.15) is 16.7 Å². The average Bonchev–Trinajstić information content (AvgIpc) is 2.85. The fourth-order valence-corrected chi connectivity index (χ4v) is 4.80. The zero-order valence-electron chi connectivity index (χ0n) is 18.2. The molecule has 0 saturated carbocycles. The highest BCUT2D eigenvalue weighted by atomic mass is 32.2. The Hall–Kier alpha value is -4.05. The Bertz CT molecular complexity index is 1600. The number of benzene rings is 4. The second-order valence-electron chi connectivity index (χ2n) is 7.72. The van der Waals surface area contributed by atoms with E-state index in [4.69, 9.17) is 0 Å². The summed E-state index contributed by atoms with van der Waals surface area (Å²) < 4.78 is 93.6. The first-order chi connectivity index (χ1) is 17.1. The van der Waals surface area contributed by atoms with Crippen LogP contribution in [0, 0.1) is 29.1 Å². The van der Waals surface area contributed by atoms with E-state index in [2.05, 4.69) is 0 Å². The Labute approximate surface area is 202 Å².